The highest BCUT2D eigenvalue weighted by atomic mass is 32.2. The molecule has 1 aliphatic rings. The molecule has 26 heavy (non-hydrogen) atoms. The topological polar surface area (TPSA) is 59.5 Å². The molecule has 0 radical (unpaired) electrons. The number of sulfonamides is 1. The van der Waals surface area contributed by atoms with Gasteiger partial charge in [0.2, 0.25) is 10.0 Å². The summed E-state index contributed by atoms with van der Waals surface area (Å²) in [6.07, 6.45) is 3.30. The summed E-state index contributed by atoms with van der Waals surface area (Å²) < 4.78 is 33.2. The van der Waals surface area contributed by atoms with Gasteiger partial charge in [-0.1, -0.05) is 30.3 Å². The van der Waals surface area contributed by atoms with Gasteiger partial charge in [0.1, 0.15) is 11.5 Å². The molecule has 0 spiro atoms. The SMILES string of the molecule is Cc1cc(Oc2cccnc2)cc2c1S(=O)(=O)N(Cc1ccccc1)C2. The molecule has 0 aliphatic carbocycles. The Balaban J connectivity index is 1.65. The van der Waals surface area contributed by atoms with Crippen molar-refractivity contribution in [2.24, 2.45) is 0 Å². The highest BCUT2D eigenvalue weighted by molar-refractivity contribution is 7.89. The number of fused-ring (bicyclic) bond motifs is 1. The van der Waals surface area contributed by atoms with Crippen LogP contribution >= 0.6 is 0 Å². The molecule has 0 amide bonds. The zero-order valence-electron chi connectivity index (χ0n) is 14.3. The molecule has 1 aromatic heterocycles. The Bertz CT molecular complexity index is 1040. The molecule has 0 unspecified atom stereocenters. The van der Waals surface area contributed by atoms with Crippen molar-refractivity contribution in [2.75, 3.05) is 0 Å². The van der Waals surface area contributed by atoms with Crippen molar-refractivity contribution in [3.8, 4) is 11.5 Å². The van der Waals surface area contributed by atoms with Gasteiger partial charge >= 0.3 is 0 Å². The highest BCUT2D eigenvalue weighted by Crippen LogP contribution is 2.37. The van der Waals surface area contributed by atoms with Crippen LogP contribution < -0.4 is 4.74 Å². The molecule has 0 N–H and O–H groups in total. The lowest BCUT2D eigenvalue weighted by Gasteiger charge is -2.14. The first-order valence-corrected chi connectivity index (χ1v) is 9.73. The van der Waals surface area contributed by atoms with Crippen LogP contribution in [-0.2, 0) is 23.1 Å². The third-order valence-corrected chi connectivity index (χ3v) is 6.38. The van der Waals surface area contributed by atoms with Gasteiger partial charge in [-0.05, 0) is 47.9 Å². The van der Waals surface area contributed by atoms with E-state index >= 15 is 0 Å². The quantitative estimate of drug-likeness (QED) is 0.703. The molecule has 0 fully saturated rings. The fourth-order valence-electron chi connectivity index (χ4n) is 3.23. The highest BCUT2D eigenvalue weighted by Gasteiger charge is 2.36. The van der Waals surface area contributed by atoms with Crippen LogP contribution in [0.15, 0.2) is 71.9 Å². The number of aromatic nitrogens is 1. The molecule has 0 saturated carbocycles. The lowest BCUT2D eigenvalue weighted by molar-refractivity contribution is 0.419. The van der Waals surface area contributed by atoms with E-state index in [1.54, 1.807) is 37.5 Å². The van der Waals surface area contributed by atoms with E-state index < -0.39 is 10.0 Å². The molecule has 1 aliphatic heterocycles. The maximum Gasteiger partial charge on any atom is 0.244 e. The summed E-state index contributed by atoms with van der Waals surface area (Å²) in [7, 11) is -3.50. The Hall–Kier alpha value is -2.70. The molecular weight excluding hydrogens is 348 g/mol. The smallest absolute Gasteiger partial charge is 0.244 e. The summed E-state index contributed by atoms with van der Waals surface area (Å²) in [5.74, 6) is 1.24. The van der Waals surface area contributed by atoms with E-state index in [1.165, 1.54) is 4.31 Å². The van der Waals surface area contributed by atoms with Crippen LogP contribution in [0.25, 0.3) is 0 Å². The minimum atomic E-state index is -3.50. The number of pyridine rings is 1. The number of rotatable bonds is 4. The Labute approximate surface area is 152 Å². The Kier molecular flexibility index (Phi) is 4.22. The number of aryl methyl sites for hydroxylation is 1. The summed E-state index contributed by atoms with van der Waals surface area (Å²) in [6.45, 7) is 2.51. The van der Waals surface area contributed by atoms with Crippen LogP contribution in [0.5, 0.6) is 11.5 Å². The van der Waals surface area contributed by atoms with Crippen molar-refractivity contribution >= 4 is 10.0 Å². The Morgan fingerprint density at radius 1 is 1.08 bits per heavy atom. The van der Waals surface area contributed by atoms with Crippen LogP contribution in [0.1, 0.15) is 16.7 Å². The molecule has 0 bridgehead atoms. The third-order valence-electron chi connectivity index (χ3n) is 4.34. The zero-order valence-corrected chi connectivity index (χ0v) is 15.1. The molecule has 5 nitrogen and oxygen atoms in total. The lowest BCUT2D eigenvalue weighted by Crippen LogP contribution is -2.24. The van der Waals surface area contributed by atoms with Crippen LogP contribution in [0.4, 0.5) is 0 Å². The zero-order chi connectivity index (χ0) is 18.1. The predicted molar refractivity (Wildman–Crippen MR) is 98.4 cm³/mol. The van der Waals surface area contributed by atoms with Crippen molar-refractivity contribution in [1.82, 2.24) is 9.29 Å². The fraction of sp³-hybridized carbons (Fsp3) is 0.150. The van der Waals surface area contributed by atoms with Gasteiger partial charge in [0, 0.05) is 19.3 Å². The number of hydrogen-bond donors (Lipinski definition) is 0. The standard InChI is InChI=1S/C20H18N2O3S/c1-15-10-19(25-18-8-5-9-21-12-18)11-17-14-22(26(23,24)20(15)17)13-16-6-3-2-4-7-16/h2-12H,13-14H2,1H3. The van der Waals surface area contributed by atoms with Gasteiger partial charge < -0.3 is 4.74 Å². The molecular formula is C20H18N2O3S. The minimum absolute atomic E-state index is 0.345. The minimum Gasteiger partial charge on any atom is -0.456 e. The van der Waals surface area contributed by atoms with Gasteiger partial charge in [-0.15, -0.1) is 0 Å². The molecule has 132 valence electrons. The van der Waals surface area contributed by atoms with Gasteiger partial charge in [0.25, 0.3) is 0 Å². The van der Waals surface area contributed by atoms with Crippen LogP contribution in [0.2, 0.25) is 0 Å². The lowest BCUT2D eigenvalue weighted by atomic mass is 10.1. The number of hydrogen-bond acceptors (Lipinski definition) is 4. The molecule has 0 saturated heterocycles. The second-order valence-corrected chi connectivity index (χ2v) is 8.15. The Morgan fingerprint density at radius 3 is 2.62 bits per heavy atom. The second kappa shape index (κ2) is 6.55. The summed E-state index contributed by atoms with van der Waals surface area (Å²) >= 11 is 0. The van der Waals surface area contributed by atoms with Crippen molar-refractivity contribution in [3.63, 3.8) is 0 Å². The van der Waals surface area contributed by atoms with E-state index in [4.69, 9.17) is 4.74 Å². The van der Waals surface area contributed by atoms with E-state index in [0.717, 1.165) is 11.1 Å². The van der Waals surface area contributed by atoms with Crippen LogP contribution in [0, 0.1) is 6.92 Å². The van der Waals surface area contributed by atoms with Crippen LogP contribution in [0.3, 0.4) is 0 Å². The number of benzene rings is 2. The van der Waals surface area contributed by atoms with Gasteiger partial charge in [-0.3, -0.25) is 4.98 Å². The second-order valence-electron chi connectivity index (χ2n) is 6.28. The molecule has 0 atom stereocenters. The van der Waals surface area contributed by atoms with E-state index in [2.05, 4.69) is 4.98 Å². The maximum absolute atomic E-state index is 13.0. The molecule has 3 aromatic rings. The fourth-order valence-corrected chi connectivity index (χ4v) is 5.04. The predicted octanol–water partition coefficient (Wildman–Crippen LogP) is 3.89. The van der Waals surface area contributed by atoms with Crippen molar-refractivity contribution < 1.29 is 13.2 Å². The van der Waals surface area contributed by atoms with Crippen molar-refractivity contribution in [1.29, 1.82) is 0 Å². The Morgan fingerprint density at radius 2 is 1.88 bits per heavy atom. The van der Waals surface area contributed by atoms with Gasteiger partial charge in [-0.2, -0.15) is 4.31 Å². The summed E-state index contributed by atoms with van der Waals surface area (Å²) in [5.41, 5.74) is 2.42. The molecule has 2 aromatic carbocycles. The van der Waals surface area contributed by atoms with Crippen molar-refractivity contribution in [2.45, 2.75) is 24.9 Å². The summed E-state index contributed by atoms with van der Waals surface area (Å²) in [5, 5.41) is 0. The van der Waals surface area contributed by atoms with E-state index in [-0.39, 0.29) is 0 Å². The average Bonchev–Trinajstić information content (AvgIpc) is 2.87. The monoisotopic (exact) mass is 366 g/mol. The largest absolute Gasteiger partial charge is 0.456 e. The summed E-state index contributed by atoms with van der Waals surface area (Å²) in [4.78, 5) is 4.42. The van der Waals surface area contributed by atoms with Crippen LogP contribution in [-0.4, -0.2) is 17.7 Å². The molecule has 4 rings (SSSR count). The third kappa shape index (κ3) is 3.09. The molecule has 6 heteroatoms. The first kappa shape index (κ1) is 16.8. The van der Waals surface area contributed by atoms with E-state index in [0.29, 0.717) is 35.0 Å². The first-order valence-electron chi connectivity index (χ1n) is 8.29. The van der Waals surface area contributed by atoms with Crippen molar-refractivity contribution in [3.05, 3.63) is 83.7 Å². The normalized spacial score (nSPS) is 15.6. The van der Waals surface area contributed by atoms with Gasteiger partial charge in [0.05, 0.1) is 11.1 Å². The first-order chi connectivity index (χ1) is 12.5. The maximum atomic E-state index is 13.0. The van der Waals surface area contributed by atoms with Gasteiger partial charge in [0.15, 0.2) is 0 Å². The average molecular weight is 366 g/mol. The molecule has 2 heterocycles. The van der Waals surface area contributed by atoms with E-state index in [1.807, 2.05) is 36.4 Å². The number of ether oxygens (including phenoxy) is 1. The number of nitrogens with zero attached hydrogens (tertiary/aromatic N) is 2. The van der Waals surface area contributed by atoms with E-state index in [9.17, 15) is 8.42 Å². The van der Waals surface area contributed by atoms with Gasteiger partial charge in [-0.25, -0.2) is 8.42 Å². The summed E-state index contributed by atoms with van der Waals surface area (Å²) in [6, 6.07) is 16.8.